The van der Waals surface area contributed by atoms with E-state index < -0.39 is 0 Å². The molecular weight excluding hydrogens is 1070 g/mol. The van der Waals surface area contributed by atoms with E-state index in [9.17, 15) is 0 Å². The molecule has 1 N–H and O–H groups in total. The third kappa shape index (κ3) is 8.07. The van der Waals surface area contributed by atoms with E-state index in [0.29, 0.717) is 0 Å². The van der Waals surface area contributed by atoms with Gasteiger partial charge in [0.15, 0.2) is 0 Å². The molecule has 0 aliphatic heterocycles. The monoisotopic (exact) mass is 1120 g/mol. The number of hydrogen-bond acceptors (Lipinski definition) is 0. The molecule has 0 amide bonds. The van der Waals surface area contributed by atoms with Crippen molar-refractivity contribution in [2.45, 2.75) is 0 Å². The maximum absolute atomic E-state index is 3.60. The molecule has 0 atom stereocenters. The van der Waals surface area contributed by atoms with Crippen LogP contribution in [0.4, 0.5) is 0 Å². The highest BCUT2D eigenvalue weighted by molar-refractivity contribution is 9.10. The van der Waals surface area contributed by atoms with Crippen LogP contribution in [0.1, 0.15) is 0 Å². The van der Waals surface area contributed by atoms with E-state index >= 15 is 0 Å². The van der Waals surface area contributed by atoms with Gasteiger partial charge in [-0.05, 0) is 159 Å². The first-order chi connectivity index (χ1) is 41.1. The Morgan fingerprint density at radius 3 is 1.10 bits per heavy atom. The smallest absolute Gasteiger partial charge is 0.0547 e. The molecule has 3 heteroatoms. The second-order valence-electron chi connectivity index (χ2n) is 21.6. The Morgan fingerprint density at radius 2 is 0.578 bits per heavy atom. The summed E-state index contributed by atoms with van der Waals surface area (Å²) >= 11 is 3.48. The van der Waals surface area contributed by atoms with Gasteiger partial charge in [-0.2, -0.15) is 0 Å². The number of fused-ring (bicyclic) bond motifs is 6. The predicted molar refractivity (Wildman–Crippen MR) is 356 cm³/mol. The molecule has 0 spiro atoms. The minimum Gasteiger partial charge on any atom is -0.354 e. The number of benzene rings is 14. The van der Waals surface area contributed by atoms with Crippen molar-refractivity contribution in [3.63, 3.8) is 0 Å². The third-order valence-electron chi connectivity index (χ3n) is 17.1. The Kier molecular flexibility index (Phi) is 11.7. The van der Waals surface area contributed by atoms with Crippen LogP contribution in [0.15, 0.2) is 308 Å². The summed E-state index contributed by atoms with van der Waals surface area (Å²) in [4.78, 5) is 3.60. The first-order valence-electron chi connectivity index (χ1n) is 28.4. The number of nitrogens with one attached hydrogen (secondary N) is 1. The second-order valence-corrected chi connectivity index (χ2v) is 22.5. The number of aromatic nitrogens is 2. The molecular formula is C80H51BrN2. The third-order valence-corrected chi connectivity index (χ3v) is 17.6. The zero-order chi connectivity index (χ0) is 55.0. The molecule has 2 aromatic heterocycles. The number of nitrogens with zero attached hydrogens (tertiary/aromatic N) is 1. The Hall–Kier alpha value is -10.3. The SMILES string of the molecule is Brc1ccc(-c2ccccc2-c2ccccc2)cc1.c1ccc(-c2ccccc2-c2ccc(-n3c4cccc5c4c4c6c(cccc6ccc43)-c3ccccc3-5)cc2)cc1.c1ccc2c(c1)-c1cccc3ccc4[nH]c5cccc-2c5c4c13. The number of halogens is 1. The molecule has 0 radical (unpaired) electrons. The van der Waals surface area contributed by atoms with Crippen molar-refractivity contribution in [3.8, 4) is 94.7 Å². The van der Waals surface area contributed by atoms with Crippen LogP contribution in [0, 0.1) is 0 Å². The minimum absolute atomic E-state index is 1.11. The van der Waals surface area contributed by atoms with E-state index in [1.807, 2.05) is 6.07 Å². The van der Waals surface area contributed by atoms with Gasteiger partial charge in [-0.25, -0.2) is 0 Å². The lowest BCUT2D eigenvalue weighted by atomic mass is 9.93. The average molecular weight is 1120 g/mol. The normalized spacial score (nSPS) is 11.7. The fraction of sp³-hybridized carbons (Fsp3) is 0. The average Bonchev–Trinajstić information content (AvgIpc) is 2.17. The topological polar surface area (TPSA) is 20.7 Å². The van der Waals surface area contributed by atoms with Gasteiger partial charge in [-0.1, -0.05) is 271 Å². The molecule has 0 bridgehead atoms. The van der Waals surface area contributed by atoms with Crippen LogP contribution in [0.25, 0.3) is 160 Å². The summed E-state index contributed by atoms with van der Waals surface area (Å²) in [6.07, 6.45) is 0. The lowest BCUT2D eigenvalue weighted by Crippen LogP contribution is -1.95. The maximum atomic E-state index is 3.60. The molecule has 83 heavy (non-hydrogen) atoms. The Balaban J connectivity index is 0.000000113. The summed E-state index contributed by atoms with van der Waals surface area (Å²) < 4.78 is 3.55. The fourth-order valence-electron chi connectivity index (χ4n) is 13.5. The van der Waals surface area contributed by atoms with Gasteiger partial charge >= 0.3 is 0 Å². The van der Waals surface area contributed by atoms with Gasteiger partial charge < -0.3 is 9.55 Å². The van der Waals surface area contributed by atoms with Crippen LogP contribution in [0.2, 0.25) is 0 Å². The summed E-state index contributed by atoms with van der Waals surface area (Å²) in [5.41, 5.74) is 26.6. The van der Waals surface area contributed by atoms with Crippen molar-refractivity contribution in [2.75, 3.05) is 0 Å². The highest BCUT2D eigenvalue weighted by Crippen LogP contribution is 2.51. The van der Waals surface area contributed by atoms with Crippen LogP contribution >= 0.6 is 15.9 Å². The highest BCUT2D eigenvalue weighted by Gasteiger charge is 2.25. The van der Waals surface area contributed by atoms with Crippen molar-refractivity contribution in [3.05, 3.63) is 308 Å². The summed E-state index contributed by atoms with van der Waals surface area (Å²) in [6.45, 7) is 0. The van der Waals surface area contributed by atoms with Gasteiger partial charge in [-0.3, -0.25) is 0 Å². The zero-order valence-corrected chi connectivity index (χ0v) is 46.8. The van der Waals surface area contributed by atoms with Crippen LogP contribution in [-0.4, -0.2) is 9.55 Å². The molecule has 2 heterocycles. The number of H-pyrrole nitrogens is 1. The predicted octanol–water partition coefficient (Wildman–Crippen LogP) is 22.8. The molecule has 2 nitrogen and oxygen atoms in total. The minimum atomic E-state index is 1.11. The molecule has 2 aliphatic rings. The van der Waals surface area contributed by atoms with Gasteiger partial charge in [0.25, 0.3) is 0 Å². The summed E-state index contributed by atoms with van der Waals surface area (Å²) in [5.74, 6) is 0. The lowest BCUT2D eigenvalue weighted by molar-refractivity contribution is 1.18. The van der Waals surface area contributed by atoms with Crippen LogP contribution in [-0.2, 0) is 0 Å². The van der Waals surface area contributed by atoms with E-state index in [1.54, 1.807) is 0 Å². The number of aromatic amines is 1. The van der Waals surface area contributed by atoms with Crippen molar-refractivity contribution in [1.82, 2.24) is 9.55 Å². The molecule has 18 rings (SSSR count). The Morgan fingerprint density at radius 1 is 0.217 bits per heavy atom. The van der Waals surface area contributed by atoms with Gasteiger partial charge in [-0.15, -0.1) is 0 Å². The van der Waals surface area contributed by atoms with Crippen molar-refractivity contribution < 1.29 is 0 Å². The van der Waals surface area contributed by atoms with E-state index in [-0.39, 0.29) is 0 Å². The molecule has 14 aromatic carbocycles. The van der Waals surface area contributed by atoms with Crippen LogP contribution < -0.4 is 0 Å². The first kappa shape index (κ1) is 48.6. The highest BCUT2D eigenvalue weighted by atomic mass is 79.9. The molecule has 16 aromatic rings. The zero-order valence-electron chi connectivity index (χ0n) is 45.2. The van der Waals surface area contributed by atoms with E-state index in [0.717, 1.165) is 4.47 Å². The molecule has 2 aliphatic carbocycles. The first-order valence-corrected chi connectivity index (χ1v) is 29.2. The summed E-state index contributed by atoms with van der Waals surface area (Å²) in [5, 5.41) is 10.7. The van der Waals surface area contributed by atoms with E-state index in [2.05, 4.69) is 323 Å². The molecule has 388 valence electrons. The summed E-state index contributed by atoms with van der Waals surface area (Å²) in [7, 11) is 0. The Bertz CT molecular complexity index is 5160. The second kappa shape index (κ2) is 20.0. The van der Waals surface area contributed by atoms with Gasteiger partial charge in [0.2, 0.25) is 0 Å². The lowest BCUT2D eigenvalue weighted by Gasteiger charge is -2.14. The standard InChI is InChI=1S/C40H25N.C22H13N.C18H13Br/c1-2-10-26(11-3-1)30-13-4-5-14-31(30)27-20-23-29(24-21-27)41-36-19-9-18-35-33-16-7-6-15-32(33)34-17-8-12-28-22-25-37(41)40(38(28)34)39(35)36;1-2-7-15-14(6-1)16-8-3-5-13-11-12-19-22(20(13)16)21-17(15)9-4-10-18(21)23-19;19-16-12-10-15(11-13-16)18-9-5-4-8-17(18)14-6-2-1-3-7-14/h1-25H;1-12,23H;1-13H. The molecule has 0 saturated heterocycles. The number of hydrogen-bond donors (Lipinski definition) is 1. The maximum Gasteiger partial charge on any atom is 0.0547 e. The van der Waals surface area contributed by atoms with Crippen LogP contribution in [0.5, 0.6) is 0 Å². The van der Waals surface area contributed by atoms with Gasteiger partial charge in [0, 0.05) is 42.7 Å². The van der Waals surface area contributed by atoms with Gasteiger partial charge in [0.1, 0.15) is 0 Å². The fourth-order valence-corrected chi connectivity index (χ4v) is 13.7. The van der Waals surface area contributed by atoms with Crippen molar-refractivity contribution in [2.24, 2.45) is 0 Å². The van der Waals surface area contributed by atoms with Gasteiger partial charge in [0.05, 0.1) is 11.0 Å². The van der Waals surface area contributed by atoms with Crippen LogP contribution in [0.3, 0.4) is 0 Å². The van der Waals surface area contributed by atoms with Crippen molar-refractivity contribution >= 4 is 81.1 Å². The Labute approximate surface area is 490 Å². The van der Waals surface area contributed by atoms with E-state index in [4.69, 9.17) is 0 Å². The van der Waals surface area contributed by atoms with Crippen molar-refractivity contribution in [1.29, 1.82) is 0 Å². The molecule has 0 unspecified atom stereocenters. The summed E-state index contributed by atoms with van der Waals surface area (Å²) in [6, 6.07) is 109. The molecule has 0 saturated carbocycles. The van der Waals surface area contributed by atoms with E-state index in [1.165, 1.54) is 160 Å². The molecule has 0 fully saturated rings. The number of rotatable bonds is 5. The largest absolute Gasteiger partial charge is 0.354 e. The quantitative estimate of drug-likeness (QED) is 0.177.